The lowest BCUT2D eigenvalue weighted by Crippen LogP contribution is -2.59. The van der Waals surface area contributed by atoms with Crippen molar-refractivity contribution >= 4 is 65.0 Å². The van der Waals surface area contributed by atoms with Gasteiger partial charge in [-0.2, -0.15) is 0 Å². The van der Waals surface area contributed by atoms with Crippen molar-refractivity contribution in [1.82, 2.24) is 45.8 Å². The maximum Gasteiger partial charge on any atom is 0.326 e. The zero-order chi connectivity index (χ0) is 51.5. The summed E-state index contributed by atoms with van der Waals surface area (Å²) < 4.78 is 4.76. The van der Waals surface area contributed by atoms with Crippen LogP contribution in [-0.2, 0) is 65.5 Å². The van der Waals surface area contributed by atoms with Crippen molar-refractivity contribution < 1.29 is 73.1 Å². The number of ether oxygens (including phenoxy) is 1. The number of hydrogen-bond donors (Lipinski definition) is 8. The van der Waals surface area contributed by atoms with E-state index in [1.165, 1.54) is 4.90 Å². The summed E-state index contributed by atoms with van der Waals surface area (Å²) >= 11 is 0. The van der Waals surface area contributed by atoms with Gasteiger partial charge >= 0.3 is 23.9 Å². The zero-order valence-electron chi connectivity index (χ0n) is 40.1. The van der Waals surface area contributed by atoms with Gasteiger partial charge in [-0.25, -0.2) is 4.79 Å². The zero-order valence-corrected chi connectivity index (χ0v) is 40.1. The number of para-hydroxylation sites is 1. The number of carbonyl (C=O) groups excluding carboxylic acids is 7. The summed E-state index contributed by atoms with van der Waals surface area (Å²) in [4.78, 5) is 139. The average molecular weight is 999 g/mol. The number of amides is 6. The summed E-state index contributed by atoms with van der Waals surface area (Å²) in [5.74, 6) is -7.77. The number of carbonyl (C=O) groups is 10. The van der Waals surface area contributed by atoms with Crippen molar-refractivity contribution in [3.8, 4) is 0 Å². The summed E-state index contributed by atoms with van der Waals surface area (Å²) in [5, 5.41) is 49.4. The van der Waals surface area contributed by atoms with E-state index in [1.807, 2.05) is 24.0 Å². The molecule has 1 aromatic rings. The number of aryl methyl sites for hydroxylation is 1. The molecule has 6 amide bonds. The van der Waals surface area contributed by atoms with Crippen molar-refractivity contribution in [1.29, 1.82) is 0 Å². The van der Waals surface area contributed by atoms with Crippen LogP contribution in [0.5, 0.6) is 0 Å². The quantitative estimate of drug-likeness (QED) is 0.0582. The Labute approximate surface area is 410 Å². The van der Waals surface area contributed by atoms with E-state index in [2.05, 4.69) is 21.3 Å². The minimum atomic E-state index is -1.54. The molecule has 7 atom stereocenters. The molecule has 5 aliphatic heterocycles. The minimum absolute atomic E-state index is 0.0342. The number of rotatable bonds is 20. The normalized spacial score (nSPS) is 23.6. The molecule has 6 rings (SSSR count). The van der Waals surface area contributed by atoms with E-state index in [1.54, 1.807) is 32.6 Å². The summed E-state index contributed by atoms with van der Waals surface area (Å²) in [6.45, 7) is 6.49. The van der Waals surface area contributed by atoms with Gasteiger partial charge in [-0.3, -0.25) is 67.7 Å². The minimum Gasteiger partial charge on any atom is -0.480 e. The number of aliphatic carboxylic acids is 3. The lowest BCUT2D eigenvalue weighted by atomic mass is 9.96. The Bertz CT molecular complexity index is 2160. The predicted octanol–water partition coefficient (Wildman–Crippen LogP) is -3.76. The first kappa shape index (κ1) is 54.1. The molecule has 3 saturated heterocycles. The Morgan fingerprint density at radius 3 is 1.87 bits per heavy atom. The van der Waals surface area contributed by atoms with Crippen molar-refractivity contribution in [3.63, 3.8) is 0 Å². The van der Waals surface area contributed by atoms with Crippen LogP contribution in [0.4, 0.5) is 5.69 Å². The van der Waals surface area contributed by atoms with Gasteiger partial charge in [0.1, 0.15) is 30.2 Å². The number of nitrogens with zero attached hydrogens (tertiary/aromatic N) is 6. The Kier molecular flexibility index (Phi) is 18.8. The second-order valence-corrected chi connectivity index (χ2v) is 18.9. The van der Waals surface area contributed by atoms with Crippen LogP contribution in [0, 0.1) is 5.92 Å². The third-order valence-electron chi connectivity index (χ3n) is 13.8. The van der Waals surface area contributed by atoms with Gasteiger partial charge in [0.05, 0.1) is 38.3 Å². The van der Waals surface area contributed by atoms with Gasteiger partial charge in [0.2, 0.25) is 41.7 Å². The second-order valence-electron chi connectivity index (χ2n) is 18.9. The van der Waals surface area contributed by atoms with Gasteiger partial charge in [0.15, 0.2) is 0 Å². The van der Waals surface area contributed by atoms with Crippen LogP contribution in [-0.4, -0.2) is 232 Å². The van der Waals surface area contributed by atoms with Gasteiger partial charge in [0.25, 0.3) is 0 Å². The lowest BCUT2D eigenvalue weighted by molar-refractivity contribution is -0.155. The number of hydrogen-bond acceptors (Lipinski definition) is 16. The molecule has 25 nitrogen and oxygen atoms in total. The topological polar surface area (TPSA) is 328 Å². The monoisotopic (exact) mass is 998 g/mol. The van der Waals surface area contributed by atoms with Gasteiger partial charge in [-0.1, -0.05) is 38.5 Å². The van der Waals surface area contributed by atoms with Crippen molar-refractivity contribution in [2.24, 2.45) is 5.92 Å². The van der Waals surface area contributed by atoms with E-state index in [0.717, 1.165) is 11.1 Å². The molecule has 0 aromatic heterocycles. The van der Waals surface area contributed by atoms with Crippen molar-refractivity contribution in [2.45, 2.75) is 95.3 Å². The number of piperazine rings is 1. The highest BCUT2D eigenvalue weighted by Crippen LogP contribution is 2.39. The Morgan fingerprint density at radius 1 is 0.732 bits per heavy atom. The Hall–Kier alpha value is -6.28. The molecule has 5 heterocycles. The maximum absolute atomic E-state index is 14.3. The third kappa shape index (κ3) is 14.6. The van der Waals surface area contributed by atoms with Gasteiger partial charge in [-0.05, 0) is 36.3 Å². The second kappa shape index (κ2) is 24.7. The van der Waals surface area contributed by atoms with E-state index in [-0.39, 0.29) is 77.3 Å². The van der Waals surface area contributed by atoms with Gasteiger partial charge in [-0.15, -0.1) is 0 Å². The molecule has 0 saturated carbocycles. The number of esters is 1. The third-order valence-corrected chi connectivity index (χ3v) is 13.8. The summed E-state index contributed by atoms with van der Waals surface area (Å²) in [6.07, 6.45) is -1.30. The molecule has 0 radical (unpaired) electrons. The van der Waals surface area contributed by atoms with E-state index in [9.17, 15) is 68.4 Å². The van der Waals surface area contributed by atoms with E-state index < -0.39 is 95.8 Å². The number of carboxylic acid groups (broad SMARTS) is 3. The first-order valence-corrected chi connectivity index (χ1v) is 24.1. The Morgan fingerprint density at radius 2 is 1.31 bits per heavy atom. The molecule has 71 heavy (non-hydrogen) atoms. The number of benzene rings is 1. The highest BCUT2D eigenvalue weighted by atomic mass is 16.6. The highest BCUT2D eigenvalue weighted by molar-refractivity contribution is 6.08. The highest BCUT2D eigenvalue weighted by Gasteiger charge is 2.46. The largest absolute Gasteiger partial charge is 0.480 e. The Balaban J connectivity index is 0.972. The van der Waals surface area contributed by atoms with Crippen molar-refractivity contribution in [3.05, 3.63) is 29.3 Å². The smallest absolute Gasteiger partial charge is 0.326 e. The first-order valence-electron chi connectivity index (χ1n) is 24.1. The van der Waals surface area contributed by atoms with E-state index in [4.69, 9.17) is 4.74 Å². The van der Waals surface area contributed by atoms with Crippen LogP contribution >= 0.6 is 0 Å². The van der Waals surface area contributed by atoms with Crippen molar-refractivity contribution in [2.75, 3.05) is 96.5 Å². The first-order chi connectivity index (χ1) is 33.8. The number of nitrogens with one attached hydrogen (secondary N) is 4. The fourth-order valence-electron chi connectivity index (χ4n) is 9.59. The molecule has 8 N–H and O–H groups in total. The van der Waals surface area contributed by atoms with Crippen LogP contribution in [0.2, 0.25) is 0 Å². The number of anilines is 1. The molecule has 0 spiro atoms. The van der Waals surface area contributed by atoms with E-state index in [0.29, 0.717) is 70.9 Å². The molecule has 2 unspecified atom stereocenters. The van der Waals surface area contributed by atoms with Crippen LogP contribution in [0.1, 0.15) is 57.1 Å². The molecule has 1 aromatic carbocycles. The molecular formula is C46H66N10O15. The molecule has 25 heteroatoms. The molecule has 0 bridgehead atoms. The molecule has 390 valence electrons. The molecular weight excluding hydrogens is 933 g/mol. The number of cyclic esters (lactones) is 1. The van der Waals surface area contributed by atoms with Crippen LogP contribution in [0.15, 0.2) is 18.2 Å². The SMILES string of the molecule is CC[C@H](C)[C@H](NC(=O)CC[C@@H](NC(=O)CN1CCN(C(=O)CN2CCN(CC(=O)O)CCN(CC(=O)O)CC2)CC1)C(=O)O)C(=O)N[C@H]1CCc2cccc3c2N(C1=O)[C@H](C(=O)NC1CC(=O)OC1O)C3. The summed E-state index contributed by atoms with van der Waals surface area (Å²) in [6, 6.07) is -0.276. The van der Waals surface area contributed by atoms with Crippen LogP contribution in [0.25, 0.3) is 0 Å². The lowest BCUT2D eigenvalue weighted by Gasteiger charge is -2.35. The maximum atomic E-state index is 14.3. The fourth-order valence-corrected chi connectivity index (χ4v) is 9.59. The predicted molar refractivity (Wildman–Crippen MR) is 248 cm³/mol. The summed E-state index contributed by atoms with van der Waals surface area (Å²) in [5.41, 5.74) is 2.10. The molecule has 0 aliphatic carbocycles. The summed E-state index contributed by atoms with van der Waals surface area (Å²) in [7, 11) is 0. The van der Waals surface area contributed by atoms with Crippen LogP contribution in [0.3, 0.4) is 0 Å². The molecule has 5 aliphatic rings. The number of carboxylic acids is 3. The standard InChI is InChI=1S/C46H66N10O15/c1-3-27(2)40(43(66)48-30-8-7-28-5-4-6-29-21-33(56(41(28)29)44(30)67)42(65)49-32-22-39(64)71-46(32)70)50-34(57)10-9-31(45(68)69)47-35(58)23-51-17-19-55(20-18-51)36(59)24-52-11-13-53(25-37(60)61)15-16-54(14-12-52)26-38(62)63/h4-6,27,30-33,40,46,70H,3,7-26H2,1-2H3,(H,47,58)(H,48,66)(H,49,65)(H,50,57)(H,60,61)(H,62,63)(H,68,69)/t27-,30-,31+,32?,33-,40-,46?/m0/s1. The van der Waals surface area contributed by atoms with Gasteiger partial charge in [0, 0.05) is 78.3 Å². The number of aliphatic hydroxyl groups is 1. The number of aliphatic hydroxyl groups excluding tert-OH is 1. The van der Waals surface area contributed by atoms with Crippen LogP contribution < -0.4 is 26.2 Å². The van der Waals surface area contributed by atoms with E-state index >= 15 is 0 Å². The fraction of sp³-hybridized carbons (Fsp3) is 0.652. The van der Waals surface area contributed by atoms with Gasteiger partial charge < -0.3 is 51.3 Å². The molecule has 3 fully saturated rings. The average Bonchev–Trinajstić information content (AvgIpc) is 3.85.